The van der Waals surface area contributed by atoms with Gasteiger partial charge in [0.1, 0.15) is 0 Å². The normalized spacial score (nSPS) is 18.4. The first-order valence-electron chi connectivity index (χ1n) is 6.79. The fourth-order valence-corrected chi connectivity index (χ4v) is 1.88. The molecule has 3 heteroatoms. The third kappa shape index (κ3) is 6.46. The van der Waals surface area contributed by atoms with E-state index in [4.69, 9.17) is 4.74 Å². The quantitative estimate of drug-likeness (QED) is 0.563. The van der Waals surface area contributed by atoms with Crippen molar-refractivity contribution in [3.05, 3.63) is 0 Å². The molecule has 0 aromatic rings. The average Bonchev–Trinajstić information content (AvgIpc) is 2.21. The Morgan fingerprint density at radius 3 is 2.88 bits per heavy atom. The van der Waals surface area contributed by atoms with Crippen molar-refractivity contribution >= 4 is 0 Å². The molecule has 0 saturated heterocycles. The Balaban J connectivity index is 1.79. The predicted octanol–water partition coefficient (Wildman–Crippen LogP) is 1.94. The van der Waals surface area contributed by atoms with Crippen LogP contribution < -0.4 is 5.32 Å². The molecule has 1 unspecified atom stereocenters. The van der Waals surface area contributed by atoms with Crippen LogP contribution in [0.15, 0.2) is 0 Å². The summed E-state index contributed by atoms with van der Waals surface area (Å²) in [6, 6.07) is 0. The van der Waals surface area contributed by atoms with E-state index in [1.165, 1.54) is 25.7 Å². The lowest BCUT2D eigenvalue weighted by atomic mass is 9.83. The lowest BCUT2D eigenvalue weighted by molar-refractivity contribution is 0.0357. The zero-order valence-corrected chi connectivity index (χ0v) is 10.6. The summed E-state index contributed by atoms with van der Waals surface area (Å²) in [6.07, 6.45) is 7.38. The van der Waals surface area contributed by atoms with E-state index in [1.54, 1.807) is 0 Å². The highest BCUT2D eigenvalue weighted by atomic mass is 16.5. The monoisotopic (exact) mass is 229 g/mol. The van der Waals surface area contributed by atoms with E-state index in [0.29, 0.717) is 13.2 Å². The number of hydrogen-bond acceptors (Lipinski definition) is 3. The zero-order chi connectivity index (χ0) is 11.6. The summed E-state index contributed by atoms with van der Waals surface area (Å²) in [5.41, 5.74) is 0. The van der Waals surface area contributed by atoms with Gasteiger partial charge in [-0.15, -0.1) is 0 Å². The molecule has 3 nitrogen and oxygen atoms in total. The average molecular weight is 229 g/mol. The number of nitrogens with one attached hydrogen (secondary N) is 1. The van der Waals surface area contributed by atoms with Gasteiger partial charge in [0.05, 0.1) is 12.7 Å². The van der Waals surface area contributed by atoms with Gasteiger partial charge in [-0.1, -0.05) is 32.6 Å². The molecule has 16 heavy (non-hydrogen) atoms. The SMILES string of the molecule is CCCCOCC(O)CNCCC1CCC1. The summed E-state index contributed by atoms with van der Waals surface area (Å²) in [7, 11) is 0. The van der Waals surface area contributed by atoms with Crippen LogP contribution in [0.25, 0.3) is 0 Å². The van der Waals surface area contributed by atoms with Crippen molar-refractivity contribution in [2.24, 2.45) is 5.92 Å². The van der Waals surface area contributed by atoms with Gasteiger partial charge in [-0.25, -0.2) is 0 Å². The molecule has 1 saturated carbocycles. The third-order valence-electron chi connectivity index (χ3n) is 3.29. The van der Waals surface area contributed by atoms with E-state index < -0.39 is 0 Å². The van der Waals surface area contributed by atoms with Crippen LogP contribution in [-0.2, 0) is 4.74 Å². The number of ether oxygens (including phenoxy) is 1. The summed E-state index contributed by atoms with van der Waals surface area (Å²) < 4.78 is 5.36. The van der Waals surface area contributed by atoms with Crippen LogP contribution in [-0.4, -0.2) is 37.5 Å². The maximum atomic E-state index is 9.60. The van der Waals surface area contributed by atoms with E-state index in [2.05, 4.69) is 12.2 Å². The summed E-state index contributed by atoms with van der Waals surface area (Å²) in [6.45, 7) is 5.09. The Kier molecular flexibility index (Phi) is 7.81. The minimum atomic E-state index is -0.349. The van der Waals surface area contributed by atoms with Crippen LogP contribution in [0.2, 0.25) is 0 Å². The Labute approximate surface area is 99.6 Å². The molecule has 0 aromatic carbocycles. The minimum Gasteiger partial charge on any atom is -0.389 e. The maximum absolute atomic E-state index is 9.60. The number of aliphatic hydroxyl groups excluding tert-OH is 1. The lowest BCUT2D eigenvalue weighted by Gasteiger charge is -2.25. The van der Waals surface area contributed by atoms with Crippen LogP contribution >= 0.6 is 0 Å². The molecule has 0 aromatic heterocycles. The van der Waals surface area contributed by atoms with Crippen molar-refractivity contribution in [2.45, 2.75) is 51.6 Å². The molecule has 1 fully saturated rings. The van der Waals surface area contributed by atoms with Crippen molar-refractivity contribution in [3.8, 4) is 0 Å². The molecule has 0 aliphatic heterocycles. The van der Waals surface area contributed by atoms with Gasteiger partial charge in [0, 0.05) is 13.2 Å². The second kappa shape index (κ2) is 8.97. The highest BCUT2D eigenvalue weighted by Crippen LogP contribution is 2.28. The standard InChI is InChI=1S/C13H27NO2/c1-2-3-9-16-11-13(15)10-14-8-7-12-5-4-6-12/h12-15H,2-11H2,1H3. The van der Waals surface area contributed by atoms with Gasteiger partial charge >= 0.3 is 0 Å². The summed E-state index contributed by atoms with van der Waals surface area (Å²) in [4.78, 5) is 0. The number of hydrogen-bond donors (Lipinski definition) is 2. The zero-order valence-electron chi connectivity index (χ0n) is 10.6. The Bertz CT molecular complexity index is 160. The second-order valence-electron chi connectivity index (χ2n) is 4.87. The first kappa shape index (κ1) is 13.9. The summed E-state index contributed by atoms with van der Waals surface area (Å²) >= 11 is 0. The fourth-order valence-electron chi connectivity index (χ4n) is 1.88. The smallest absolute Gasteiger partial charge is 0.0897 e. The molecule has 1 aliphatic carbocycles. The number of aliphatic hydroxyl groups is 1. The first-order valence-corrected chi connectivity index (χ1v) is 6.79. The number of rotatable bonds is 10. The van der Waals surface area contributed by atoms with Crippen LogP contribution in [0.5, 0.6) is 0 Å². The van der Waals surface area contributed by atoms with E-state index in [1.807, 2.05) is 0 Å². The molecular formula is C13H27NO2. The van der Waals surface area contributed by atoms with Crippen LogP contribution in [0.1, 0.15) is 45.4 Å². The van der Waals surface area contributed by atoms with Crippen molar-refractivity contribution in [2.75, 3.05) is 26.3 Å². The van der Waals surface area contributed by atoms with Crippen molar-refractivity contribution in [1.29, 1.82) is 0 Å². The molecule has 1 atom stereocenters. The molecule has 0 radical (unpaired) electrons. The Morgan fingerprint density at radius 1 is 1.44 bits per heavy atom. The van der Waals surface area contributed by atoms with E-state index >= 15 is 0 Å². The van der Waals surface area contributed by atoms with Crippen molar-refractivity contribution in [3.63, 3.8) is 0 Å². The molecule has 0 spiro atoms. The second-order valence-corrected chi connectivity index (χ2v) is 4.87. The van der Waals surface area contributed by atoms with Gasteiger partial charge < -0.3 is 15.2 Å². The van der Waals surface area contributed by atoms with Gasteiger partial charge in [0.25, 0.3) is 0 Å². The highest BCUT2D eigenvalue weighted by Gasteiger charge is 2.16. The van der Waals surface area contributed by atoms with Crippen molar-refractivity contribution < 1.29 is 9.84 Å². The summed E-state index contributed by atoms with van der Waals surface area (Å²) in [5.74, 6) is 0.949. The highest BCUT2D eigenvalue weighted by molar-refractivity contribution is 4.70. The van der Waals surface area contributed by atoms with Crippen molar-refractivity contribution in [1.82, 2.24) is 5.32 Å². The largest absolute Gasteiger partial charge is 0.389 e. The van der Waals surface area contributed by atoms with Gasteiger partial charge in [0.2, 0.25) is 0 Å². The molecule has 0 heterocycles. The van der Waals surface area contributed by atoms with E-state index in [9.17, 15) is 5.11 Å². The van der Waals surface area contributed by atoms with Crippen LogP contribution in [0.3, 0.4) is 0 Å². The molecule has 96 valence electrons. The van der Waals surface area contributed by atoms with Gasteiger partial charge in [-0.3, -0.25) is 0 Å². The molecule has 0 amide bonds. The molecule has 2 N–H and O–H groups in total. The predicted molar refractivity (Wildman–Crippen MR) is 66.6 cm³/mol. The Hall–Kier alpha value is -0.120. The van der Waals surface area contributed by atoms with Gasteiger partial charge in [-0.2, -0.15) is 0 Å². The van der Waals surface area contributed by atoms with Crippen LogP contribution in [0, 0.1) is 5.92 Å². The summed E-state index contributed by atoms with van der Waals surface area (Å²) in [5, 5.41) is 12.9. The molecule has 1 aliphatic rings. The van der Waals surface area contributed by atoms with Crippen LogP contribution in [0.4, 0.5) is 0 Å². The topological polar surface area (TPSA) is 41.5 Å². The Morgan fingerprint density at radius 2 is 2.25 bits per heavy atom. The van der Waals surface area contributed by atoms with Gasteiger partial charge in [-0.05, 0) is 25.3 Å². The third-order valence-corrected chi connectivity index (χ3v) is 3.29. The first-order chi connectivity index (χ1) is 7.83. The molecule has 1 rings (SSSR count). The molecule has 0 bridgehead atoms. The van der Waals surface area contributed by atoms with E-state index in [0.717, 1.165) is 31.9 Å². The maximum Gasteiger partial charge on any atom is 0.0897 e. The van der Waals surface area contributed by atoms with E-state index in [-0.39, 0.29) is 6.10 Å². The van der Waals surface area contributed by atoms with Gasteiger partial charge in [0.15, 0.2) is 0 Å². The number of unbranched alkanes of at least 4 members (excludes halogenated alkanes) is 1. The fraction of sp³-hybridized carbons (Fsp3) is 1.00. The molecular weight excluding hydrogens is 202 g/mol. The lowest BCUT2D eigenvalue weighted by Crippen LogP contribution is -2.32. The minimum absolute atomic E-state index is 0.349.